The van der Waals surface area contributed by atoms with Crippen LogP contribution in [0.2, 0.25) is 0 Å². The lowest BCUT2D eigenvalue weighted by molar-refractivity contribution is 0.411. The predicted octanol–water partition coefficient (Wildman–Crippen LogP) is 3.06. The number of benzene rings is 1. The third-order valence-corrected chi connectivity index (χ3v) is 2.56. The molecule has 0 bridgehead atoms. The molecule has 1 aromatic carbocycles. The van der Waals surface area contributed by atoms with E-state index in [0.717, 1.165) is 18.5 Å². The summed E-state index contributed by atoms with van der Waals surface area (Å²) < 4.78 is 12.9. The van der Waals surface area contributed by atoms with Crippen molar-refractivity contribution in [3.05, 3.63) is 35.6 Å². The first-order valence-electron chi connectivity index (χ1n) is 4.85. The Balaban J connectivity index is 0.000000980. The fourth-order valence-corrected chi connectivity index (χ4v) is 1.86. The molecule has 1 fully saturated rings. The monoisotopic (exact) mass is 215 g/mol. The standard InChI is InChI=1S/C11H14FN.ClH/c12-10-5-3-4-9(8-10)11-6-1-2-7-13-11;/h3-5,8,11,13H,1-2,6-7H2;1H/t11-;/m0./s1. The summed E-state index contributed by atoms with van der Waals surface area (Å²) in [5.41, 5.74) is 1.08. The van der Waals surface area contributed by atoms with Crippen LogP contribution in [0.3, 0.4) is 0 Å². The van der Waals surface area contributed by atoms with Crippen molar-refractivity contribution in [3.8, 4) is 0 Å². The van der Waals surface area contributed by atoms with Crippen molar-refractivity contribution < 1.29 is 4.39 Å². The summed E-state index contributed by atoms with van der Waals surface area (Å²) >= 11 is 0. The molecular weight excluding hydrogens is 201 g/mol. The molecule has 1 N–H and O–H groups in total. The Bertz CT molecular complexity index is 284. The summed E-state index contributed by atoms with van der Waals surface area (Å²) in [5, 5.41) is 3.40. The summed E-state index contributed by atoms with van der Waals surface area (Å²) in [6, 6.07) is 7.26. The molecule has 78 valence electrons. The zero-order valence-electron chi connectivity index (χ0n) is 8.00. The van der Waals surface area contributed by atoms with Crippen LogP contribution < -0.4 is 5.32 Å². The van der Waals surface area contributed by atoms with Crippen molar-refractivity contribution in [2.45, 2.75) is 25.3 Å². The Labute approximate surface area is 90.1 Å². The van der Waals surface area contributed by atoms with Gasteiger partial charge in [0.05, 0.1) is 0 Å². The van der Waals surface area contributed by atoms with Gasteiger partial charge in [0.25, 0.3) is 0 Å². The first kappa shape index (κ1) is 11.5. The molecule has 0 saturated carbocycles. The molecule has 0 amide bonds. The summed E-state index contributed by atoms with van der Waals surface area (Å²) in [4.78, 5) is 0. The highest BCUT2D eigenvalue weighted by atomic mass is 35.5. The first-order chi connectivity index (χ1) is 6.36. The maximum Gasteiger partial charge on any atom is 0.123 e. The van der Waals surface area contributed by atoms with Crippen LogP contribution in [0.25, 0.3) is 0 Å². The van der Waals surface area contributed by atoms with E-state index in [4.69, 9.17) is 0 Å². The molecule has 1 aliphatic heterocycles. The molecular formula is C11H15ClFN. The molecule has 0 unspecified atom stereocenters. The van der Waals surface area contributed by atoms with Gasteiger partial charge in [-0.25, -0.2) is 4.39 Å². The average Bonchev–Trinajstić information content (AvgIpc) is 2.19. The molecule has 1 aromatic rings. The maximum atomic E-state index is 12.9. The molecule has 1 nitrogen and oxygen atoms in total. The van der Waals surface area contributed by atoms with Crippen molar-refractivity contribution in [1.29, 1.82) is 0 Å². The second kappa shape index (κ2) is 5.32. The molecule has 2 rings (SSSR count). The van der Waals surface area contributed by atoms with Crippen molar-refractivity contribution >= 4 is 12.4 Å². The lowest BCUT2D eigenvalue weighted by atomic mass is 9.98. The van der Waals surface area contributed by atoms with Gasteiger partial charge >= 0.3 is 0 Å². The van der Waals surface area contributed by atoms with Crippen LogP contribution in [0.4, 0.5) is 4.39 Å². The third-order valence-electron chi connectivity index (χ3n) is 2.56. The fraction of sp³-hybridized carbons (Fsp3) is 0.455. The first-order valence-corrected chi connectivity index (χ1v) is 4.85. The molecule has 0 aliphatic carbocycles. The number of rotatable bonds is 1. The van der Waals surface area contributed by atoms with Crippen molar-refractivity contribution in [3.63, 3.8) is 0 Å². The molecule has 0 aromatic heterocycles. The molecule has 1 aliphatic rings. The smallest absolute Gasteiger partial charge is 0.123 e. The normalized spacial score (nSPS) is 21.4. The van der Waals surface area contributed by atoms with Crippen LogP contribution in [0.5, 0.6) is 0 Å². The summed E-state index contributed by atoms with van der Waals surface area (Å²) in [6.45, 7) is 1.06. The Morgan fingerprint density at radius 2 is 2.14 bits per heavy atom. The molecule has 0 radical (unpaired) electrons. The summed E-state index contributed by atoms with van der Waals surface area (Å²) in [7, 11) is 0. The minimum atomic E-state index is -0.134. The van der Waals surface area contributed by atoms with E-state index in [1.165, 1.54) is 18.9 Å². The Morgan fingerprint density at radius 1 is 1.29 bits per heavy atom. The molecule has 1 saturated heterocycles. The minimum Gasteiger partial charge on any atom is -0.310 e. The van der Waals surface area contributed by atoms with Gasteiger partial charge in [0.2, 0.25) is 0 Å². The number of nitrogens with one attached hydrogen (secondary N) is 1. The second-order valence-corrected chi connectivity index (χ2v) is 3.56. The maximum absolute atomic E-state index is 12.9. The molecule has 1 atom stereocenters. The van der Waals surface area contributed by atoms with E-state index in [1.807, 2.05) is 6.07 Å². The lowest BCUT2D eigenvalue weighted by Gasteiger charge is -2.23. The van der Waals surface area contributed by atoms with Crippen molar-refractivity contribution in [2.75, 3.05) is 6.54 Å². The van der Waals surface area contributed by atoms with Crippen LogP contribution in [0.1, 0.15) is 30.9 Å². The highest BCUT2D eigenvalue weighted by molar-refractivity contribution is 5.85. The Morgan fingerprint density at radius 3 is 2.79 bits per heavy atom. The Kier molecular flexibility index (Phi) is 4.36. The van der Waals surface area contributed by atoms with Crippen LogP contribution in [0.15, 0.2) is 24.3 Å². The highest BCUT2D eigenvalue weighted by Crippen LogP contribution is 2.22. The SMILES string of the molecule is Cl.Fc1cccc([C@@H]2CCCCN2)c1. The van der Waals surface area contributed by atoms with Gasteiger partial charge in [0, 0.05) is 6.04 Å². The number of hydrogen-bond acceptors (Lipinski definition) is 1. The largest absolute Gasteiger partial charge is 0.310 e. The van der Waals surface area contributed by atoms with E-state index in [9.17, 15) is 4.39 Å². The van der Waals surface area contributed by atoms with Crippen molar-refractivity contribution in [2.24, 2.45) is 0 Å². The van der Waals surface area contributed by atoms with Crippen LogP contribution in [0, 0.1) is 5.82 Å². The third kappa shape index (κ3) is 2.69. The van der Waals surface area contributed by atoms with Gasteiger partial charge in [-0.2, -0.15) is 0 Å². The van der Waals surface area contributed by atoms with Crippen LogP contribution in [-0.4, -0.2) is 6.54 Å². The Hall–Kier alpha value is -0.600. The van der Waals surface area contributed by atoms with Crippen molar-refractivity contribution in [1.82, 2.24) is 5.32 Å². The van der Waals surface area contributed by atoms with E-state index in [-0.39, 0.29) is 18.2 Å². The topological polar surface area (TPSA) is 12.0 Å². The van der Waals surface area contributed by atoms with Gasteiger partial charge in [0.1, 0.15) is 5.82 Å². The zero-order valence-corrected chi connectivity index (χ0v) is 8.82. The summed E-state index contributed by atoms with van der Waals surface area (Å²) in [6.07, 6.45) is 3.61. The average molecular weight is 216 g/mol. The molecule has 3 heteroatoms. The summed E-state index contributed by atoms with van der Waals surface area (Å²) in [5.74, 6) is -0.134. The van der Waals surface area contributed by atoms with Gasteiger partial charge in [-0.15, -0.1) is 12.4 Å². The van der Waals surface area contributed by atoms with Gasteiger partial charge < -0.3 is 5.32 Å². The van der Waals surface area contributed by atoms with Gasteiger partial charge in [-0.05, 0) is 37.1 Å². The predicted molar refractivity (Wildman–Crippen MR) is 58.2 cm³/mol. The highest BCUT2D eigenvalue weighted by Gasteiger charge is 2.14. The lowest BCUT2D eigenvalue weighted by Crippen LogP contribution is -2.26. The number of halogens is 2. The van der Waals surface area contributed by atoms with Gasteiger partial charge in [-0.3, -0.25) is 0 Å². The fourth-order valence-electron chi connectivity index (χ4n) is 1.86. The minimum absolute atomic E-state index is 0. The number of piperidine rings is 1. The van der Waals surface area contributed by atoms with E-state index >= 15 is 0 Å². The van der Waals surface area contributed by atoms with Gasteiger partial charge in [0.15, 0.2) is 0 Å². The van der Waals surface area contributed by atoms with E-state index < -0.39 is 0 Å². The van der Waals surface area contributed by atoms with Crippen LogP contribution >= 0.6 is 12.4 Å². The quantitative estimate of drug-likeness (QED) is 0.759. The van der Waals surface area contributed by atoms with E-state index in [2.05, 4.69) is 5.32 Å². The molecule has 14 heavy (non-hydrogen) atoms. The van der Waals surface area contributed by atoms with Gasteiger partial charge in [-0.1, -0.05) is 18.6 Å². The zero-order chi connectivity index (χ0) is 9.10. The van der Waals surface area contributed by atoms with E-state index in [0.29, 0.717) is 6.04 Å². The van der Waals surface area contributed by atoms with Crippen LogP contribution in [-0.2, 0) is 0 Å². The molecule has 0 spiro atoms. The molecule has 1 heterocycles. The van der Waals surface area contributed by atoms with E-state index in [1.54, 1.807) is 12.1 Å². The number of hydrogen-bond donors (Lipinski definition) is 1. The second-order valence-electron chi connectivity index (χ2n) is 3.56.